The number of hydrogen-bond acceptors (Lipinski definition) is 4. The van der Waals surface area contributed by atoms with Gasteiger partial charge >= 0.3 is 5.97 Å². The molecule has 0 bridgehead atoms. The van der Waals surface area contributed by atoms with Crippen LogP contribution in [0.1, 0.15) is 5.56 Å². The molecule has 0 fully saturated rings. The molecule has 2 aromatic rings. The van der Waals surface area contributed by atoms with Gasteiger partial charge in [0.1, 0.15) is 6.04 Å². The van der Waals surface area contributed by atoms with E-state index in [0.717, 1.165) is 5.75 Å². The van der Waals surface area contributed by atoms with Gasteiger partial charge in [-0.1, -0.05) is 42.5 Å². The summed E-state index contributed by atoms with van der Waals surface area (Å²) in [5, 5.41) is 2.49. The molecule has 1 atom stereocenters. The largest absolute Gasteiger partial charge is 0.468 e. The first-order valence-corrected chi connectivity index (χ1v) is 7.25. The standard InChI is InChI=1S/C15H17NO2S/c1-18-15(17)14(16)10-19-9-12-7-4-6-11-5-2-3-8-13(11)12/h2-8,14H,9-10,16H2,1H3. The highest BCUT2D eigenvalue weighted by Gasteiger charge is 2.13. The second-order valence-corrected chi connectivity index (χ2v) is 5.31. The molecule has 0 amide bonds. The summed E-state index contributed by atoms with van der Waals surface area (Å²) in [6, 6.07) is 14.0. The molecule has 0 aromatic heterocycles. The number of ether oxygens (including phenoxy) is 1. The minimum atomic E-state index is -0.551. The molecule has 0 aliphatic heterocycles. The Kier molecular flexibility index (Phi) is 4.82. The van der Waals surface area contributed by atoms with Gasteiger partial charge in [-0.15, -0.1) is 0 Å². The Hall–Kier alpha value is -1.52. The van der Waals surface area contributed by atoms with Crippen LogP contribution in [0.3, 0.4) is 0 Å². The molecule has 0 aliphatic rings. The normalized spacial score (nSPS) is 12.3. The maximum Gasteiger partial charge on any atom is 0.323 e. The summed E-state index contributed by atoms with van der Waals surface area (Å²) in [6.07, 6.45) is 0. The van der Waals surface area contributed by atoms with Crippen LogP contribution >= 0.6 is 11.8 Å². The summed E-state index contributed by atoms with van der Waals surface area (Å²) in [5.41, 5.74) is 6.97. The Morgan fingerprint density at radius 3 is 2.79 bits per heavy atom. The molecule has 2 N–H and O–H groups in total. The van der Waals surface area contributed by atoms with Crippen molar-refractivity contribution in [3.8, 4) is 0 Å². The number of esters is 1. The van der Waals surface area contributed by atoms with Gasteiger partial charge in [-0.2, -0.15) is 11.8 Å². The first-order valence-electron chi connectivity index (χ1n) is 6.10. The highest BCUT2D eigenvalue weighted by atomic mass is 32.2. The molecular weight excluding hydrogens is 258 g/mol. The Morgan fingerprint density at radius 1 is 1.26 bits per heavy atom. The van der Waals surface area contributed by atoms with E-state index in [4.69, 9.17) is 5.73 Å². The number of fused-ring (bicyclic) bond motifs is 1. The van der Waals surface area contributed by atoms with Crippen molar-refractivity contribution in [1.82, 2.24) is 0 Å². The van der Waals surface area contributed by atoms with Crippen molar-refractivity contribution in [2.24, 2.45) is 5.73 Å². The first-order chi connectivity index (χ1) is 9.22. The first kappa shape index (κ1) is 13.9. The van der Waals surface area contributed by atoms with Gasteiger partial charge in [-0.05, 0) is 16.3 Å². The van der Waals surface area contributed by atoms with E-state index >= 15 is 0 Å². The lowest BCUT2D eigenvalue weighted by atomic mass is 10.1. The van der Waals surface area contributed by atoms with E-state index in [2.05, 4.69) is 35.1 Å². The summed E-state index contributed by atoms with van der Waals surface area (Å²) in [7, 11) is 1.36. The summed E-state index contributed by atoms with van der Waals surface area (Å²) in [6.45, 7) is 0. The van der Waals surface area contributed by atoms with Gasteiger partial charge in [-0.3, -0.25) is 4.79 Å². The third kappa shape index (κ3) is 3.49. The number of methoxy groups -OCH3 is 1. The van der Waals surface area contributed by atoms with Crippen LogP contribution in [0.4, 0.5) is 0 Å². The van der Waals surface area contributed by atoms with Crippen molar-refractivity contribution in [2.45, 2.75) is 11.8 Å². The van der Waals surface area contributed by atoms with Crippen molar-refractivity contribution in [2.75, 3.05) is 12.9 Å². The second-order valence-electron chi connectivity index (χ2n) is 4.28. The summed E-state index contributed by atoms with van der Waals surface area (Å²) in [4.78, 5) is 11.2. The summed E-state index contributed by atoms with van der Waals surface area (Å²) < 4.78 is 4.61. The van der Waals surface area contributed by atoms with Gasteiger partial charge < -0.3 is 10.5 Å². The maximum absolute atomic E-state index is 11.2. The number of thioether (sulfide) groups is 1. The molecule has 0 radical (unpaired) electrons. The number of rotatable bonds is 5. The van der Waals surface area contributed by atoms with Gasteiger partial charge in [0.25, 0.3) is 0 Å². The fraction of sp³-hybridized carbons (Fsp3) is 0.267. The molecule has 2 aromatic carbocycles. The van der Waals surface area contributed by atoms with E-state index in [1.54, 1.807) is 11.8 Å². The number of carbonyl (C=O) groups excluding carboxylic acids is 1. The van der Waals surface area contributed by atoms with Crippen molar-refractivity contribution < 1.29 is 9.53 Å². The molecule has 4 heteroatoms. The molecule has 19 heavy (non-hydrogen) atoms. The Balaban J connectivity index is 2.00. The predicted octanol–water partition coefficient (Wildman–Crippen LogP) is 2.57. The minimum absolute atomic E-state index is 0.356. The molecule has 0 aliphatic carbocycles. The van der Waals surface area contributed by atoms with Gasteiger partial charge in [0.05, 0.1) is 7.11 Å². The van der Waals surface area contributed by atoms with Crippen LogP contribution in [-0.2, 0) is 15.3 Å². The van der Waals surface area contributed by atoms with Crippen LogP contribution in [0, 0.1) is 0 Å². The van der Waals surface area contributed by atoms with Crippen LogP contribution in [0.15, 0.2) is 42.5 Å². The zero-order valence-corrected chi connectivity index (χ0v) is 11.7. The number of benzene rings is 2. The van der Waals surface area contributed by atoms with E-state index in [1.807, 2.05) is 12.1 Å². The van der Waals surface area contributed by atoms with Crippen molar-refractivity contribution in [3.05, 3.63) is 48.0 Å². The zero-order valence-electron chi connectivity index (χ0n) is 10.8. The molecule has 100 valence electrons. The van der Waals surface area contributed by atoms with Crippen LogP contribution in [0.25, 0.3) is 10.8 Å². The molecule has 2 rings (SSSR count). The van der Waals surface area contributed by atoms with E-state index in [9.17, 15) is 4.79 Å². The van der Waals surface area contributed by atoms with Gasteiger partial charge in [0.2, 0.25) is 0 Å². The minimum Gasteiger partial charge on any atom is -0.468 e. The lowest BCUT2D eigenvalue weighted by Crippen LogP contribution is -2.33. The van der Waals surface area contributed by atoms with Crippen molar-refractivity contribution in [1.29, 1.82) is 0 Å². The van der Waals surface area contributed by atoms with E-state index in [0.29, 0.717) is 5.75 Å². The smallest absolute Gasteiger partial charge is 0.323 e. The quantitative estimate of drug-likeness (QED) is 0.852. The van der Waals surface area contributed by atoms with E-state index in [-0.39, 0.29) is 5.97 Å². The third-order valence-electron chi connectivity index (χ3n) is 2.94. The van der Waals surface area contributed by atoms with Crippen molar-refractivity contribution in [3.63, 3.8) is 0 Å². The van der Waals surface area contributed by atoms with Crippen molar-refractivity contribution >= 4 is 28.5 Å². The molecule has 0 spiro atoms. The van der Waals surface area contributed by atoms with Crippen LogP contribution in [-0.4, -0.2) is 24.9 Å². The number of hydrogen-bond donors (Lipinski definition) is 1. The molecule has 0 heterocycles. The van der Waals surface area contributed by atoms with E-state index in [1.165, 1.54) is 23.4 Å². The molecule has 0 saturated heterocycles. The highest BCUT2D eigenvalue weighted by molar-refractivity contribution is 7.98. The average molecular weight is 275 g/mol. The highest BCUT2D eigenvalue weighted by Crippen LogP contribution is 2.22. The van der Waals surface area contributed by atoms with Crippen LogP contribution < -0.4 is 5.73 Å². The van der Waals surface area contributed by atoms with Crippen LogP contribution in [0.2, 0.25) is 0 Å². The number of nitrogens with two attached hydrogens (primary N) is 1. The number of carbonyl (C=O) groups is 1. The Labute approximate surface area is 117 Å². The third-order valence-corrected chi connectivity index (χ3v) is 4.05. The topological polar surface area (TPSA) is 52.3 Å². The Morgan fingerprint density at radius 2 is 2.00 bits per heavy atom. The van der Waals surface area contributed by atoms with Gasteiger partial charge in [0, 0.05) is 11.5 Å². The second kappa shape index (κ2) is 6.59. The fourth-order valence-corrected chi connectivity index (χ4v) is 2.91. The Bertz CT molecular complexity index is 566. The molecule has 1 unspecified atom stereocenters. The molecule has 3 nitrogen and oxygen atoms in total. The van der Waals surface area contributed by atoms with E-state index < -0.39 is 6.04 Å². The lowest BCUT2D eigenvalue weighted by molar-refractivity contribution is -0.141. The van der Waals surface area contributed by atoms with Gasteiger partial charge in [0.15, 0.2) is 0 Å². The monoisotopic (exact) mass is 275 g/mol. The summed E-state index contributed by atoms with van der Waals surface area (Å²) in [5.74, 6) is 1.05. The zero-order chi connectivity index (χ0) is 13.7. The SMILES string of the molecule is COC(=O)C(N)CSCc1cccc2ccccc12. The van der Waals surface area contributed by atoms with Crippen LogP contribution in [0.5, 0.6) is 0 Å². The molecule has 0 saturated carbocycles. The fourth-order valence-electron chi connectivity index (χ4n) is 1.93. The lowest BCUT2D eigenvalue weighted by Gasteiger charge is -2.10. The predicted molar refractivity (Wildman–Crippen MR) is 80.1 cm³/mol. The average Bonchev–Trinajstić information content (AvgIpc) is 2.46. The summed E-state index contributed by atoms with van der Waals surface area (Å²) >= 11 is 1.65. The maximum atomic E-state index is 11.2. The van der Waals surface area contributed by atoms with Gasteiger partial charge in [-0.25, -0.2) is 0 Å². The molecular formula is C15H17NO2S.